The Labute approximate surface area is 110 Å². The molecule has 0 saturated carbocycles. The van der Waals surface area contributed by atoms with Crippen LogP contribution < -0.4 is 11.1 Å². The van der Waals surface area contributed by atoms with Gasteiger partial charge < -0.3 is 15.9 Å². The van der Waals surface area contributed by atoms with Gasteiger partial charge in [-0.15, -0.1) is 0 Å². The predicted octanol–water partition coefficient (Wildman–Crippen LogP) is 1.06. The molecule has 96 valence electrons. The molecule has 0 aromatic heterocycles. The summed E-state index contributed by atoms with van der Waals surface area (Å²) >= 11 is 6.03. The zero-order valence-corrected chi connectivity index (χ0v) is 10.5. The fourth-order valence-electron chi connectivity index (χ4n) is 1.69. The van der Waals surface area contributed by atoms with E-state index in [4.69, 9.17) is 22.2 Å². The Morgan fingerprint density at radius 2 is 2.33 bits per heavy atom. The summed E-state index contributed by atoms with van der Waals surface area (Å²) in [6.07, 6.45) is 0.306. The fraction of sp³-hybridized carbons (Fsp3) is 0.333. The molecule has 0 unspecified atom stereocenters. The van der Waals surface area contributed by atoms with Gasteiger partial charge in [0, 0.05) is 24.5 Å². The zero-order chi connectivity index (χ0) is 13.0. The normalized spacial score (nSPS) is 18.3. The molecule has 1 heterocycles. The van der Waals surface area contributed by atoms with Crippen molar-refractivity contribution in [2.24, 2.45) is 10.9 Å². The van der Waals surface area contributed by atoms with Crippen LogP contribution in [0.1, 0.15) is 12.0 Å². The summed E-state index contributed by atoms with van der Waals surface area (Å²) in [6.45, 7) is 1.23. The van der Waals surface area contributed by atoms with E-state index in [1.807, 2.05) is 24.3 Å². The molecule has 0 radical (unpaired) electrons. The van der Waals surface area contributed by atoms with Gasteiger partial charge >= 0.3 is 0 Å². The molecule has 1 aliphatic rings. The maximum Gasteiger partial charge on any atom is 0.266 e. The highest BCUT2D eigenvalue weighted by Gasteiger charge is 2.23. The summed E-state index contributed by atoms with van der Waals surface area (Å²) in [4.78, 5) is 15.9. The van der Waals surface area contributed by atoms with Crippen LogP contribution in [-0.2, 0) is 16.2 Å². The van der Waals surface area contributed by atoms with Gasteiger partial charge in [0.1, 0.15) is 11.8 Å². The van der Waals surface area contributed by atoms with Gasteiger partial charge in [-0.3, -0.25) is 4.79 Å². The van der Waals surface area contributed by atoms with Crippen molar-refractivity contribution in [3.05, 3.63) is 34.9 Å². The summed E-state index contributed by atoms with van der Waals surface area (Å²) < 4.78 is 0. The maximum absolute atomic E-state index is 10.9. The van der Waals surface area contributed by atoms with Gasteiger partial charge in [-0.05, 0) is 11.6 Å². The molecule has 1 aromatic rings. The van der Waals surface area contributed by atoms with Crippen LogP contribution >= 0.6 is 11.6 Å². The molecule has 5 nitrogen and oxygen atoms in total. The van der Waals surface area contributed by atoms with Crippen molar-refractivity contribution in [1.29, 1.82) is 0 Å². The van der Waals surface area contributed by atoms with Crippen LogP contribution in [0.2, 0.25) is 5.02 Å². The van der Waals surface area contributed by atoms with E-state index in [1.54, 1.807) is 0 Å². The van der Waals surface area contributed by atoms with Gasteiger partial charge in [-0.25, -0.2) is 0 Å². The minimum Gasteiger partial charge on any atom is -0.390 e. The molecule has 2 rings (SSSR count). The number of benzene rings is 1. The number of halogens is 1. The minimum absolute atomic E-state index is 0.144. The standard InChI is InChI=1S/C12H14ClN3O2/c13-10-4-2-1-3-8(10)6-15-7-9-5-11(12(14)17)16-18-9/h1-4,9,15H,5-7H2,(H2,14,17)/t9-/m1/s1. The first-order valence-corrected chi connectivity index (χ1v) is 6.01. The Morgan fingerprint density at radius 1 is 1.56 bits per heavy atom. The summed E-state index contributed by atoms with van der Waals surface area (Å²) in [7, 11) is 0. The second-order valence-corrected chi connectivity index (χ2v) is 4.46. The molecule has 0 aliphatic carbocycles. The molecule has 0 bridgehead atoms. The van der Waals surface area contributed by atoms with E-state index in [0.29, 0.717) is 25.2 Å². The van der Waals surface area contributed by atoms with E-state index in [9.17, 15) is 4.79 Å². The first-order chi connectivity index (χ1) is 8.66. The van der Waals surface area contributed by atoms with E-state index in [1.165, 1.54) is 0 Å². The Morgan fingerprint density at radius 3 is 3.00 bits per heavy atom. The van der Waals surface area contributed by atoms with Crippen LogP contribution in [0.3, 0.4) is 0 Å². The number of nitrogens with two attached hydrogens (primary N) is 1. The molecule has 3 N–H and O–H groups in total. The lowest BCUT2D eigenvalue weighted by Crippen LogP contribution is -2.29. The van der Waals surface area contributed by atoms with E-state index < -0.39 is 5.91 Å². The summed E-state index contributed by atoms with van der Waals surface area (Å²) in [5.74, 6) is -0.524. The number of hydrogen-bond donors (Lipinski definition) is 2. The molecule has 0 fully saturated rings. The van der Waals surface area contributed by atoms with Crippen molar-refractivity contribution in [3.8, 4) is 0 Å². The first kappa shape index (κ1) is 12.9. The number of nitrogens with zero attached hydrogens (tertiary/aromatic N) is 1. The van der Waals surface area contributed by atoms with E-state index in [-0.39, 0.29) is 6.10 Å². The molecule has 1 aliphatic heterocycles. The molecule has 0 spiro atoms. The van der Waals surface area contributed by atoms with Crippen LogP contribution in [0.4, 0.5) is 0 Å². The Bertz CT molecular complexity index is 476. The molecule has 1 amide bonds. The lowest BCUT2D eigenvalue weighted by molar-refractivity contribution is -0.112. The summed E-state index contributed by atoms with van der Waals surface area (Å²) in [5, 5.41) is 7.57. The van der Waals surface area contributed by atoms with Crippen molar-refractivity contribution in [2.45, 2.75) is 19.1 Å². The highest BCUT2D eigenvalue weighted by Crippen LogP contribution is 2.15. The minimum atomic E-state index is -0.524. The van der Waals surface area contributed by atoms with Gasteiger partial charge in [0.25, 0.3) is 5.91 Å². The second-order valence-electron chi connectivity index (χ2n) is 4.06. The van der Waals surface area contributed by atoms with Crippen LogP contribution in [-0.4, -0.2) is 24.3 Å². The summed E-state index contributed by atoms with van der Waals surface area (Å²) in [6, 6.07) is 7.62. The largest absolute Gasteiger partial charge is 0.390 e. The number of nitrogens with one attached hydrogen (secondary N) is 1. The molecular formula is C12H14ClN3O2. The van der Waals surface area contributed by atoms with Gasteiger partial charge in [-0.1, -0.05) is 35.0 Å². The lowest BCUT2D eigenvalue weighted by atomic mass is 10.1. The van der Waals surface area contributed by atoms with E-state index in [0.717, 1.165) is 10.6 Å². The number of carbonyl (C=O) groups is 1. The highest BCUT2D eigenvalue weighted by molar-refractivity contribution is 6.38. The van der Waals surface area contributed by atoms with Gasteiger partial charge in [0.05, 0.1) is 0 Å². The SMILES string of the molecule is NC(=O)C1=NO[C@@H](CNCc2ccccc2Cl)C1. The Kier molecular flexibility index (Phi) is 4.17. The summed E-state index contributed by atoms with van der Waals surface area (Å²) in [5.41, 5.74) is 6.42. The van der Waals surface area contributed by atoms with Crippen LogP contribution in [0.5, 0.6) is 0 Å². The average molecular weight is 268 g/mol. The van der Waals surface area contributed by atoms with Crippen LogP contribution in [0.25, 0.3) is 0 Å². The van der Waals surface area contributed by atoms with Gasteiger partial charge in [0.2, 0.25) is 0 Å². The van der Waals surface area contributed by atoms with Crippen molar-refractivity contribution in [2.75, 3.05) is 6.54 Å². The number of primary amides is 1. The van der Waals surface area contributed by atoms with Crippen LogP contribution in [0, 0.1) is 0 Å². The van der Waals surface area contributed by atoms with Crippen molar-refractivity contribution in [1.82, 2.24) is 5.32 Å². The van der Waals surface area contributed by atoms with Crippen LogP contribution in [0.15, 0.2) is 29.4 Å². The third kappa shape index (κ3) is 3.21. The van der Waals surface area contributed by atoms with E-state index in [2.05, 4.69) is 10.5 Å². The van der Waals surface area contributed by atoms with E-state index >= 15 is 0 Å². The number of amides is 1. The molecule has 0 saturated heterocycles. The topological polar surface area (TPSA) is 76.7 Å². The van der Waals surface area contributed by atoms with Gasteiger partial charge in [0.15, 0.2) is 0 Å². The smallest absolute Gasteiger partial charge is 0.266 e. The fourth-order valence-corrected chi connectivity index (χ4v) is 1.90. The highest BCUT2D eigenvalue weighted by atomic mass is 35.5. The number of oxime groups is 1. The third-order valence-corrected chi connectivity index (χ3v) is 3.03. The molecule has 1 atom stereocenters. The molecule has 18 heavy (non-hydrogen) atoms. The zero-order valence-electron chi connectivity index (χ0n) is 9.73. The van der Waals surface area contributed by atoms with Crippen molar-refractivity contribution >= 4 is 23.2 Å². The second kappa shape index (κ2) is 5.84. The number of carbonyl (C=O) groups excluding carboxylic acids is 1. The molecule has 1 aromatic carbocycles. The number of rotatable bonds is 5. The quantitative estimate of drug-likeness (QED) is 0.837. The maximum atomic E-state index is 10.9. The number of hydrogen-bond acceptors (Lipinski definition) is 4. The van der Waals surface area contributed by atoms with Crippen molar-refractivity contribution in [3.63, 3.8) is 0 Å². The predicted molar refractivity (Wildman–Crippen MR) is 69.3 cm³/mol. The third-order valence-electron chi connectivity index (χ3n) is 2.66. The molecule has 6 heteroatoms. The molecular weight excluding hydrogens is 254 g/mol. The Balaban J connectivity index is 1.75. The average Bonchev–Trinajstić information content (AvgIpc) is 2.80. The Hall–Kier alpha value is -1.59. The lowest BCUT2D eigenvalue weighted by Gasteiger charge is -2.10. The first-order valence-electron chi connectivity index (χ1n) is 5.63. The van der Waals surface area contributed by atoms with Gasteiger partial charge in [-0.2, -0.15) is 0 Å². The monoisotopic (exact) mass is 267 g/mol. The van der Waals surface area contributed by atoms with Crippen molar-refractivity contribution < 1.29 is 9.63 Å².